The highest BCUT2D eigenvalue weighted by Crippen LogP contribution is 2.28. The molecule has 29 heavy (non-hydrogen) atoms. The lowest BCUT2D eigenvalue weighted by Gasteiger charge is -2.26. The molecule has 1 aromatic carbocycles. The Morgan fingerprint density at radius 2 is 1.90 bits per heavy atom. The van der Waals surface area contributed by atoms with E-state index in [1.54, 1.807) is 0 Å². The van der Waals surface area contributed by atoms with Gasteiger partial charge in [0.15, 0.2) is 5.96 Å². The molecule has 2 aliphatic rings. The van der Waals surface area contributed by atoms with Gasteiger partial charge in [0.05, 0.1) is 26.4 Å². The van der Waals surface area contributed by atoms with Crippen LogP contribution in [-0.2, 0) is 22.6 Å². The minimum absolute atomic E-state index is 0. The molecule has 1 aromatic rings. The van der Waals surface area contributed by atoms with Crippen LogP contribution in [0, 0.1) is 5.92 Å². The lowest BCUT2D eigenvalue weighted by molar-refractivity contribution is 0.0342. The SMILES string of the molecule is CCNC(=NCc1ccc(CN2CCOCC2)cc1)N(C)CCOCC1CC1.I. The lowest BCUT2D eigenvalue weighted by atomic mass is 10.1. The van der Waals surface area contributed by atoms with E-state index < -0.39 is 0 Å². The van der Waals surface area contributed by atoms with Gasteiger partial charge in [-0.3, -0.25) is 4.90 Å². The molecule has 1 aliphatic carbocycles. The second kappa shape index (κ2) is 13.4. The Bertz CT molecular complexity index is 601. The van der Waals surface area contributed by atoms with Crippen LogP contribution in [0.15, 0.2) is 29.3 Å². The predicted molar refractivity (Wildman–Crippen MR) is 129 cm³/mol. The number of morpholine rings is 1. The largest absolute Gasteiger partial charge is 0.379 e. The van der Waals surface area contributed by atoms with Crippen LogP contribution in [0.5, 0.6) is 0 Å². The van der Waals surface area contributed by atoms with E-state index >= 15 is 0 Å². The van der Waals surface area contributed by atoms with E-state index in [2.05, 4.69) is 53.4 Å². The zero-order valence-electron chi connectivity index (χ0n) is 17.9. The Kier molecular flexibility index (Phi) is 11.3. The summed E-state index contributed by atoms with van der Waals surface area (Å²) in [5.41, 5.74) is 2.59. The second-order valence-corrected chi connectivity index (χ2v) is 7.82. The maximum atomic E-state index is 5.76. The smallest absolute Gasteiger partial charge is 0.194 e. The van der Waals surface area contributed by atoms with E-state index in [0.29, 0.717) is 6.54 Å². The van der Waals surface area contributed by atoms with Gasteiger partial charge in [-0.2, -0.15) is 0 Å². The Morgan fingerprint density at radius 3 is 2.55 bits per heavy atom. The summed E-state index contributed by atoms with van der Waals surface area (Å²) >= 11 is 0. The fourth-order valence-corrected chi connectivity index (χ4v) is 3.25. The normalized spacial score (nSPS) is 17.7. The van der Waals surface area contributed by atoms with Gasteiger partial charge in [0, 0.05) is 46.4 Å². The minimum Gasteiger partial charge on any atom is -0.379 e. The molecule has 1 saturated heterocycles. The van der Waals surface area contributed by atoms with Crippen molar-refractivity contribution in [3.8, 4) is 0 Å². The molecule has 1 saturated carbocycles. The summed E-state index contributed by atoms with van der Waals surface area (Å²) in [5, 5.41) is 3.38. The molecule has 2 fully saturated rings. The molecule has 1 N–H and O–H groups in total. The number of ether oxygens (including phenoxy) is 2. The number of hydrogen-bond acceptors (Lipinski definition) is 4. The van der Waals surface area contributed by atoms with Crippen LogP contribution in [0.25, 0.3) is 0 Å². The zero-order valence-corrected chi connectivity index (χ0v) is 20.3. The van der Waals surface area contributed by atoms with Crippen molar-refractivity contribution in [2.24, 2.45) is 10.9 Å². The number of nitrogens with zero attached hydrogens (tertiary/aromatic N) is 3. The van der Waals surface area contributed by atoms with Gasteiger partial charge in [-0.1, -0.05) is 24.3 Å². The summed E-state index contributed by atoms with van der Waals surface area (Å²) in [6, 6.07) is 8.84. The van der Waals surface area contributed by atoms with Crippen LogP contribution in [0.3, 0.4) is 0 Å². The van der Waals surface area contributed by atoms with Crippen LogP contribution >= 0.6 is 24.0 Å². The van der Waals surface area contributed by atoms with E-state index in [4.69, 9.17) is 14.5 Å². The maximum absolute atomic E-state index is 5.76. The van der Waals surface area contributed by atoms with E-state index in [0.717, 1.165) is 71.0 Å². The summed E-state index contributed by atoms with van der Waals surface area (Å²) in [5.74, 6) is 1.76. The highest BCUT2D eigenvalue weighted by atomic mass is 127. The molecule has 0 aromatic heterocycles. The van der Waals surface area contributed by atoms with Crippen molar-refractivity contribution < 1.29 is 9.47 Å². The summed E-state index contributed by atoms with van der Waals surface area (Å²) < 4.78 is 11.2. The standard InChI is InChI=1S/C22H36N4O2.HI/c1-3-23-22(25(2)10-13-28-18-21-8-9-21)24-16-19-4-6-20(7-5-19)17-26-11-14-27-15-12-26;/h4-7,21H,3,8-18H2,1-2H3,(H,23,24);1H. The van der Waals surface area contributed by atoms with Crippen molar-refractivity contribution in [2.75, 3.05) is 59.7 Å². The van der Waals surface area contributed by atoms with Gasteiger partial charge in [0.2, 0.25) is 0 Å². The van der Waals surface area contributed by atoms with Gasteiger partial charge < -0.3 is 19.7 Å². The first-order valence-electron chi connectivity index (χ1n) is 10.7. The molecular weight excluding hydrogens is 479 g/mol. The topological polar surface area (TPSA) is 49.3 Å². The van der Waals surface area contributed by atoms with E-state index in [1.165, 1.54) is 24.0 Å². The number of rotatable bonds is 10. The summed E-state index contributed by atoms with van der Waals surface area (Å²) in [7, 11) is 2.08. The van der Waals surface area contributed by atoms with Gasteiger partial charge >= 0.3 is 0 Å². The van der Waals surface area contributed by atoms with Crippen molar-refractivity contribution in [1.29, 1.82) is 0 Å². The molecular formula is C22H37IN4O2. The third-order valence-corrected chi connectivity index (χ3v) is 5.26. The summed E-state index contributed by atoms with van der Waals surface area (Å²) in [6.45, 7) is 10.9. The molecule has 0 bridgehead atoms. The van der Waals surface area contributed by atoms with E-state index in [9.17, 15) is 0 Å². The Hall–Kier alpha value is -0.900. The third kappa shape index (κ3) is 9.19. The highest BCUT2D eigenvalue weighted by Gasteiger charge is 2.21. The Labute approximate surface area is 193 Å². The molecule has 0 unspecified atom stereocenters. The van der Waals surface area contributed by atoms with Crippen molar-refractivity contribution in [1.82, 2.24) is 15.1 Å². The average molecular weight is 516 g/mol. The number of nitrogens with one attached hydrogen (secondary N) is 1. The average Bonchev–Trinajstić information content (AvgIpc) is 3.55. The maximum Gasteiger partial charge on any atom is 0.194 e. The summed E-state index contributed by atoms with van der Waals surface area (Å²) in [4.78, 5) is 9.40. The van der Waals surface area contributed by atoms with Crippen molar-refractivity contribution >= 4 is 29.9 Å². The Balaban J connectivity index is 0.00000300. The summed E-state index contributed by atoms with van der Waals surface area (Å²) in [6.07, 6.45) is 2.68. The monoisotopic (exact) mass is 516 g/mol. The first-order chi connectivity index (χ1) is 13.7. The third-order valence-electron chi connectivity index (χ3n) is 5.26. The molecule has 3 rings (SSSR count). The molecule has 1 aliphatic heterocycles. The molecule has 0 spiro atoms. The predicted octanol–water partition coefficient (Wildman–Crippen LogP) is 2.96. The van der Waals surface area contributed by atoms with E-state index in [-0.39, 0.29) is 24.0 Å². The molecule has 0 radical (unpaired) electrons. The first kappa shape index (κ1) is 24.4. The fourth-order valence-electron chi connectivity index (χ4n) is 3.25. The van der Waals surface area contributed by atoms with Gasteiger partial charge in [-0.25, -0.2) is 4.99 Å². The van der Waals surface area contributed by atoms with Crippen molar-refractivity contribution in [2.45, 2.75) is 32.9 Å². The molecule has 7 heteroatoms. The Morgan fingerprint density at radius 1 is 1.21 bits per heavy atom. The first-order valence-corrected chi connectivity index (χ1v) is 10.7. The highest BCUT2D eigenvalue weighted by molar-refractivity contribution is 14.0. The molecule has 164 valence electrons. The van der Waals surface area contributed by atoms with Crippen LogP contribution in [0.1, 0.15) is 30.9 Å². The fraction of sp³-hybridized carbons (Fsp3) is 0.682. The van der Waals surface area contributed by atoms with Crippen LogP contribution in [-0.4, -0.2) is 75.4 Å². The second-order valence-electron chi connectivity index (χ2n) is 7.82. The number of aliphatic imine (C=N–C) groups is 1. The lowest BCUT2D eigenvalue weighted by Crippen LogP contribution is -2.40. The van der Waals surface area contributed by atoms with Crippen LogP contribution < -0.4 is 5.32 Å². The number of benzene rings is 1. The molecule has 1 heterocycles. The van der Waals surface area contributed by atoms with Gasteiger partial charge in [0.25, 0.3) is 0 Å². The molecule has 0 atom stereocenters. The number of halogens is 1. The minimum atomic E-state index is 0. The van der Waals surface area contributed by atoms with Crippen LogP contribution in [0.2, 0.25) is 0 Å². The quantitative estimate of drug-likeness (QED) is 0.224. The number of guanidine groups is 1. The van der Waals surface area contributed by atoms with Crippen molar-refractivity contribution in [3.05, 3.63) is 35.4 Å². The van der Waals surface area contributed by atoms with Gasteiger partial charge in [0.1, 0.15) is 0 Å². The zero-order chi connectivity index (χ0) is 19.6. The number of likely N-dealkylation sites (N-methyl/N-ethyl adjacent to an activating group) is 1. The van der Waals surface area contributed by atoms with Crippen LogP contribution in [0.4, 0.5) is 0 Å². The number of hydrogen-bond donors (Lipinski definition) is 1. The van der Waals surface area contributed by atoms with Crippen molar-refractivity contribution in [3.63, 3.8) is 0 Å². The van der Waals surface area contributed by atoms with Gasteiger partial charge in [-0.15, -0.1) is 24.0 Å². The van der Waals surface area contributed by atoms with E-state index in [1.807, 2.05) is 0 Å². The van der Waals surface area contributed by atoms with Gasteiger partial charge in [-0.05, 0) is 36.8 Å². The molecule has 6 nitrogen and oxygen atoms in total. The molecule has 0 amide bonds.